The molecule has 1 heterocycles. The van der Waals surface area contributed by atoms with Crippen LogP contribution < -0.4 is 10.1 Å². The summed E-state index contributed by atoms with van der Waals surface area (Å²) in [6.07, 6.45) is 0. The molecule has 0 aliphatic heterocycles. The SMILES string of the molecule is CN(Cc1ccccc1)C(=O)CSc1nnc(Nc2ccc(Oc3ccccc3)cc2)s1. The molecule has 0 fully saturated rings. The number of carbonyl (C=O) groups is 1. The van der Waals surface area contributed by atoms with Gasteiger partial charge >= 0.3 is 0 Å². The molecule has 3 aromatic carbocycles. The summed E-state index contributed by atoms with van der Waals surface area (Å²) < 4.78 is 6.55. The van der Waals surface area contributed by atoms with E-state index >= 15 is 0 Å². The molecule has 1 amide bonds. The lowest BCUT2D eigenvalue weighted by Crippen LogP contribution is -2.27. The normalized spacial score (nSPS) is 10.5. The molecule has 8 heteroatoms. The second-order valence-electron chi connectivity index (χ2n) is 6.96. The van der Waals surface area contributed by atoms with Crippen molar-refractivity contribution in [2.24, 2.45) is 0 Å². The molecule has 4 rings (SSSR count). The molecule has 162 valence electrons. The summed E-state index contributed by atoms with van der Waals surface area (Å²) in [5.74, 6) is 1.93. The van der Waals surface area contributed by atoms with Gasteiger partial charge in [-0.3, -0.25) is 4.79 Å². The molecule has 1 aromatic heterocycles. The van der Waals surface area contributed by atoms with Gasteiger partial charge < -0.3 is 15.0 Å². The van der Waals surface area contributed by atoms with Crippen LogP contribution in [0.4, 0.5) is 10.8 Å². The number of anilines is 2. The van der Waals surface area contributed by atoms with Crippen molar-refractivity contribution in [2.45, 2.75) is 10.9 Å². The highest BCUT2D eigenvalue weighted by Gasteiger charge is 2.12. The van der Waals surface area contributed by atoms with E-state index in [1.807, 2.05) is 92.0 Å². The van der Waals surface area contributed by atoms with Gasteiger partial charge in [0.15, 0.2) is 4.34 Å². The molecule has 32 heavy (non-hydrogen) atoms. The summed E-state index contributed by atoms with van der Waals surface area (Å²) >= 11 is 2.82. The lowest BCUT2D eigenvalue weighted by atomic mass is 10.2. The second-order valence-corrected chi connectivity index (χ2v) is 9.16. The minimum absolute atomic E-state index is 0.0533. The number of hydrogen-bond donors (Lipinski definition) is 1. The Morgan fingerprint density at radius 2 is 1.59 bits per heavy atom. The zero-order chi connectivity index (χ0) is 22.2. The van der Waals surface area contributed by atoms with Crippen molar-refractivity contribution in [1.29, 1.82) is 0 Å². The van der Waals surface area contributed by atoms with Gasteiger partial charge in [0.2, 0.25) is 11.0 Å². The molecule has 0 spiro atoms. The van der Waals surface area contributed by atoms with Gasteiger partial charge in [0, 0.05) is 19.3 Å². The van der Waals surface area contributed by atoms with Gasteiger partial charge in [-0.1, -0.05) is 71.6 Å². The average molecular weight is 463 g/mol. The molecule has 0 saturated heterocycles. The minimum atomic E-state index is 0.0533. The molecule has 4 aromatic rings. The summed E-state index contributed by atoms with van der Waals surface area (Å²) in [4.78, 5) is 14.1. The van der Waals surface area contributed by atoms with E-state index < -0.39 is 0 Å². The van der Waals surface area contributed by atoms with Crippen LogP contribution in [-0.4, -0.2) is 33.8 Å². The van der Waals surface area contributed by atoms with Crippen molar-refractivity contribution in [2.75, 3.05) is 18.1 Å². The standard InChI is InChI=1S/C24H22N4O2S2/c1-28(16-18-8-4-2-5-9-18)22(29)17-31-24-27-26-23(32-24)25-19-12-14-21(15-13-19)30-20-10-6-3-7-11-20/h2-15H,16-17H2,1H3,(H,25,26). The fourth-order valence-electron chi connectivity index (χ4n) is 2.85. The number of thioether (sulfide) groups is 1. The highest BCUT2D eigenvalue weighted by molar-refractivity contribution is 8.01. The van der Waals surface area contributed by atoms with Crippen molar-refractivity contribution < 1.29 is 9.53 Å². The van der Waals surface area contributed by atoms with Gasteiger partial charge in [-0.15, -0.1) is 10.2 Å². The van der Waals surface area contributed by atoms with Gasteiger partial charge in [0.05, 0.1) is 5.75 Å². The number of ether oxygens (including phenoxy) is 1. The first kappa shape index (κ1) is 21.9. The number of aromatic nitrogens is 2. The van der Waals surface area contributed by atoms with E-state index in [0.29, 0.717) is 17.4 Å². The first-order valence-corrected chi connectivity index (χ1v) is 11.8. The second kappa shape index (κ2) is 10.8. The molecule has 0 aliphatic rings. The van der Waals surface area contributed by atoms with E-state index in [9.17, 15) is 4.79 Å². The van der Waals surface area contributed by atoms with Gasteiger partial charge in [-0.2, -0.15) is 0 Å². The van der Waals surface area contributed by atoms with Crippen LogP contribution in [-0.2, 0) is 11.3 Å². The van der Waals surface area contributed by atoms with Gasteiger partial charge in [-0.25, -0.2) is 0 Å². The zero-order valence-corrected chi connectivity index (χ0v) is 19.1. The first-order chi connectivity index (χ1) is 15.7. The van der Waals surface area contributed by atoms with Crippen LogP contribution in [0.5, 0.6) is 11.5 Å². The number of carbonyl (C=O) groups excluding carboxylic acids is 1. The molecule has 0 saturated carbocycles. The Labute approximate surface area is 195 Å². The third kappa shape index (κ3) is 6.32. The number of hydrogen-bond acceptors (Lipinski definition) is 7. The Hall–Kier alpha value is -3.36. The average Bonchev–Trinajstić information content (AvgIpc) is 3.27. The summed E-state index contributed by atoms with van der Waals surface area (Å²) in [6, 6.07) is 27.2. The highest BCUT2D eigenvalue weighted by atomic mass is 32.2. The third-order valence-electron chi connectivity index (χ3n) is 4.50. The fraction of sp³-hybridized carbons (Fsp3) is 0.125. The van der Waals surface area contributed by atoms with Crippen molar-refractivity contribution in [3.8, 4) is 11.5 Å². The first-order valence-electron chi connectivity index (χ1n) is 10.00. The molecule has 0 aliphatic carbocycles. The number of nitrogens with one attached hydrogen (secondary N) is 1. The van der Waals surface area contributed by atoms with Crippen molar-refractivity contribution in [3.05, 3.63) is 90.5 Å². The Bertz CT molecular complexity index is 1140. The Morgan fingerprint density at radius 3 is 2.31 bits per heavy atom. The zero-order valence-electron chi connectivity index (χ0n) is 17.5. The van der Waals surface area contributed by atoms with E-state index in [-0.39, 0.29) is 5.91 Å². The maximum atomic E-state index is 12.4. The van der Waals surface area contributed by atoms with E-state index in [4.69, 9.17) is 4.74 Å². The maximum Gasteiger partial charge on any atom is 0.233 e. The quantitative estimate of drug-likeness (QED) is 0.316. The van der Waals surface area contributed by atoms with Crippen molar-refractivity contribution in [1.82, 2.24) is 15.1 Å². The molecule has 1 N–H and O–H groups in total. The fourth-order valence-corrected chi connectivity index (χ4v) is 4.56. The number of amides is 1. The lowest BCUT2D eigenvalue weighted by molar-refractivity contribution is -0.127. The number of nitrogens with zero attached hydrogens (tertiary/aromatic N) is 3. The Morgan fingerprint density at radius 1 is 0.938 bits per heavy atom. The number of rotatable bonds is 9. The van der Waals surface area contributed by atoms with Gasteiger partial charge in [0.25, 0.3) is 0 Å². The van der Waals surface area contributed by atoms with Crippen LogP contribution in [0.1, 0.15) is 5.56 Å². The van der Waals surface area contributed by atoms with Crippen LogP contribution >= 0.6 is 23.1 Å². The maximum absolute atomic E-state index is 12.4. The van der Waals surface area contributed by atoms with E-state index in [2.05, 4.69) is 15.5 Å². The summed E-state index contributed by atoms with van der Waals surface area (Å²) in [5.41, 5.74) is 1.99. The Kier molecular flexibility index (Phi) is 7.37. The molecule has 0 radical (unpaired) electrons. The van der Waals surface area contributed by atoms with Crippen molar-refractivity contribution >= 4 is 39.8 Å². The Balaban J connectivity index is 1.26. The van der Waals surface area contributed by atoms with Crippen LogP contribution in [0.3, 0.4) is 0 Å². The third-order valence-corrected chi connectivity index (χ3v) is 6.46. The summed E-state index contributed by atoms with van der Waals surface area (Å²) in [7, 11) is 1.81. The monoisotopic (exact) mass is 462 g/mol. The topological polar surface area (TPSA) is 67.4 Å². The van der Waals surface area contributed by atoms with E-state index in [0.717, 1.165) is 27.1 Å². The number of benzene rings is 3. The molecular weight excluding hydrogens is 440 g/mol. The van der Waals surface area contributed by atoms with Crippen LogP contribution in [0.25, 0.3) is 0 Å². The van der Waals surface area contributed by atoms with E-state index in [1.54, 1.807) is 4.90 Å². The highest BCUT2D eigenvalue weighted by Crippen LogP contribution is 2.29. The van der Waals surface area contributed by atoms with Crippen LogP contribution in [0.15, 0.2) is 89.3 Å². The van der Waals surface area contributed by atoms with Crippen molar-refractivity contribution in [3.63, 3.8) is 0 Å². The van der Waals surface area contributed by atoms with Crippen LogP contribution in [0.2, 0.25) is 0 Å². The number of para-hydroxylation sites is 1. The molecular formula is C24H22N4O2S2. The predicted molar refractivity (Wildman–Crippen MR) is 130 cm³/mol. The largest absolute Gasteiger partial charge is 0.457 e. The smallest absolute Gasteiger partial charge is 0.233 e. The minimum Gasteiger partial charge on any atom is -0.457 e. The van der Waals surface area contributed by atoms with E-state index in [1.165, 1.54) is 23.1 Å². The predicted octanol–water partition coefficient (Wildman–Crippen LogP) is 5.82. The lowest BCUT2D eigenvalue weighted by Gasteiger charge is -2.16. The molecule has 0 bridgehead atoms. The molecule has 0 unspecified atom stereocenters. The van der Waals surface area contributed by atoms with Gasteiger partial charge in [-0.05, 0) is 42.0 Å². The van der Waals surface area contributed by atoms with Crippen LogP contribution in [0, 0.1) is 0 Å². The summed E-state index contributed by atoms with van der Waals surface area (Å²) in [6.45, 7) is 0.590. The molecule has 0 atom stereocenters. The van der Waals surface area contributed by atoms with Gasteiger partial charge in [0.1, 0.15) is 11.5 Å². The summed E-state index contributed by atoms with van der Waals surface area (Å²) in [5, 5.41) is 12.3. The molecule has 6 nitrogen and oxygen atoms in total.